The van der Waals surface area contributed by atoms with Crippen LogP contribution in [-0.4, -0.2) is 8.32 Å². The fourth-order valence-corrected chi connectivity index (χ4v) is 4.75. The van der Waals surface area contributed by atoms with Crippen LogP contribution in [0.25, 0.3) is 0 Å². The van der Waals surface area contributed by atoms with Crippen LogP contribution in [0.2, 0.25) is 0 Å². The Morgan fingerprint density at radius 2 is 1.55 bits per heavy atom. The summed E-state index contributed by atoms with van der Waals surface area (Å²) in [6.45, 7) is 10.7. The van der Waals surface area contributed by atoms with Gasteiger partial charge < -0.3 is 4.43 Å². The highest BCUT2D eigenvalue weighted by Gasteiger charge is 2.32. The number of aryl methyl sites for hydroxylation is 1. The molecule has 2 rings (SSSR count). The van der Waals surface area contributed by atoms with Crippen molar-refractivity contribution in [2.45, 2.75) is 13.5 Å². The van der Waals surface area contributed by atoms with E-state index in [4.69, 9.17) is 4.43 Å². The Labute approximate surface area is 122 Å². The van der Waals surface area contributed by atoms with Crippen molar-refractivity contribution in [3.8, 4) is 0 Å². The van der Waals surface area contributed by atoms with Crippen molar-refractivity contribution in [2.24, 2.45) is 0 Å². The maximum absolute atomic E-state index is 6.28. The van der Waals surface area contributed by atoms with Gasteiger partial charge in [0.05, 0.1) is 6.61 Å². The fourth-order valence-electron chi connectivity index (χ4n) is 2.29. The van der Waals surface area contributed by atoms with Crippen molar-refractivity contribution in [1.82, 2.24) is 0 Å². The Hall–Kier alpha value is -1.90. The van der Waals surface area contributed by atoms with Crippen LogP contribution in [0, 0.1) is 6.92 Å². The van der Waals surface area contributed by atoms with Crippen LogP contribution >= 0.6 is 0 Å². The number of hydrogen-bond acceptors (Lipinski definition) is 1. The molecule has 0 radical (unpaired) electrons. The highest BCUT2D eigenvalue weighted by Crippen LogP contribution is 2.14. The van der Waals surface area contributed by atoms with Crippen molar-refractivity contribution < 1.29 is 4.43 Å². The predicted octanol–water partition coefficient (Wildman–Crippen LogP) is 3.81. The first-order chi connectivity index (χ1) is 9.72. The Balaban J connectivity index is 2.29. The highest BCUT2D eigenvalue weighted by molar-refractivity contribution is 6.95. The molecule has 0 heterocycles. The van der Waals surface area contributed by atoms with Gasteiger partial charge in [-0.2, -0.15) is 0 Å². The summed E-state index contributed by atoms with van der Waals surface area (Å²) in [5.74, 6) is 0. The first-order valence-electron chi connectivity index (χ1n) is 6.73. The summed E-state index contributed by atoms with van der Waals surface area (Å²) in [6.07, 6.45) is 0. The van der Waals surface area contributed by atoms with E-state index in [9.17, 15) is 0 Å². The number of rotatable bonds is 6. The predicted molar refractivity (Wildman–Crippen MR) is 88.2 cm³/mol. The van der Waals surface area contributed by atoms with Gasteiger partial charge in [0.25, 0.3) is 8.32 Å². The third-order valence-electron chi connectivity index (χ3n) is 3.49. The highest BCUT2D eigenvalue weighted by atomic mass is 28.4. The average molecular weight is 280 g/mol. The third kappa shape index (κ3) is 2.98. The maximum Gasteiger partial charge on any atom is 0.273 e. The summed E-state index contributed by atoms with van der Waals surface area (Å²) >= 11 is 0. The summed E-state index contributed by atoms with van der Waals surface area (Å²) < 4.78 is 6.28. The minimum absolute atomic E-state index is 0.583. The Bertz CT molecular complexity index is 581. The molecule has 0 spiro atoms. The topological polar surface area (TPSA) is 9.23 Å². The van der Waals surface area contributed by atoms with Gasteiger partial charge in [-0.15, -0.1) is 13.2 Å². The molecule has 2 aromatic carbocycles. The summed E-state index contributed by atoms with van der Waals surface area (Å²) in [5, 5.41) is 1.22. The molecule has 0 bridgehead atoms. The second kappa shape index (κ2) is 6.50. The molecule has 0 N–H and O–H groups in total. The van der Waals surface area contributed by atoms with E-state index in [2.05, 4.69) is 44.3 Å². The summed E-state index contributed by atoms with van der Waals surface area (Å²) in [5.41, 5.74) is 6.30. The smallest absolute Gasteiger partial charge is 0.273 e. The fraction of sp³-hybridized carbons (Fsp3) is 0.111. The van der Waals surface area contributed by atoms with E-state index in [1.54, 1.807) is 0 Å². The van der Waals surface area contributed by atoms with Gasteiger partial charge in [-0.1, -0.05) is 66.0 Å². The lowest BCUT2D eigenvalue weighted by molar-refractivity contribution is 0.310. The van der Waals surface area contributed by atoms with Crippen LogP contribution in [-0.2, 0) is 11.0 Å². The molecule has 1 nitrogen and oxygen atoms in total. The van der Waals surface area contributed by atoms with Gasteiger partial charge in [-0.25, -0.2) is 0 Å². The van der Waals surface area contributed by atoms with Gasteiger partial charge in [0, 0.05) is 0 Å². The van der Waals surface area contributed by atoms with Gasteiger partial charge in [0.2, 0.25) is 0 Å². The molecule has 0 aliphatic rings. The monoisotopic (exact) mass is 280 g/mol. The molecular weight excluding hydrogens is 260 g/mol. The first-order valence-corrected chi connectivity index (χ1v) is 8.79. The van der Waals surface area contributed by atoms with E-state index in [1.165, 1.54) is 16.3 Å². The number of benzene rings is 2. The Morgan fingerprint density at radius 3 is 2.15 bits per heavy atom. The van der Waals surface area contributed by atoms with Gasteiger partial charge in [0.15, 0.2) is 0 Å². The van der Waals surface area contributed by atoms with Crippen LogP contribution in [0.15, 0.2) is 79.2 Å². The molecule has 0 saturated carbocycles. The Morgan fingerprint density at radius 1 is 0.950 bits per heavy atom. The minimum Gasteiger partial charge on any atom is -0.401 e. The molecule has 2 heteroatoms. The quantitative estimate of drug-likeness (QED) is 0.731. The van der Waals surface area contributed by atoms with Gasteiger partial charge in [0.1, 0.15) is 0 Å². The lowest BCUT2D eigenvalue weighted by atomic mass is 10.2. The van der Waals surface area contributed by atoms with E-state index in [-0.39, 0.29) is 0 Å². The summed E-state index contributed by atoms with van der Waals surface area (Å²) in [4.78, 5) is 0. The molecule has 0 aliphatic carbocycles. The lowest BCUT2D eigenvalue weighted by Gasteiger charge is -2.26. The summed E-state index contributed by atoms with van der Waals surface area (Å²) in [7, 11) is -2.32. The standard InChI is InChI=1S/C18H20OSi/c1-4-20(5-2,18-14-10-9-11-16(18)3)19-15-17-12-7-6-8-13-17/h4-14H,1-2,15H2,3H3. The van der Waals surface area contributed by atoms with Crippen molar-refractivity contribution in [1.29, 1.82) is 0 Å². The normalized spacial score (nSPS) is 11.1. The molecule has 0 fully saturated rings. The average Bonchev–Trinajstić information content (AvgIpc) is 2.51. The second-order valence-electron chi connectivity index (χ2n) is 4.79. The van der Waals surface area contributed by atoms with Gasteiger partial charge in [-0.3, -0.25) is 0 Å². The Kier molecular flexibility index (Phi) is 4.72. The van der Waals surface area contributed by atoms with Crippen LogP contribution in [0.5, 0.6) is 0 Å². The maximum atomic E-state index is 6.28. The molecule has 20 heavy (non-hydrogen) atoms. The van der Waals surface area contributed by atoms with E-state index in [0.29, 0.717) is 6.61 Å². The first kappa shape index (κ1) is 14.5. The van der Waals surface area contributed by atoms with E-state index in [1.807, 2.05) is 41.7 Å². The van der Waals surface area contributed by atoms with Crippen LogP contribution in [0.1, 0.15) is 11.1 Å². The molecule has 102 valence electrons. The molecule has 2 aromatic rings. The molecular formula is C18H20OSi. The molecule has 0 atom stereocenters. The largest absolute Gasteiger partial charge is 0.401 e. The minimum atomic E-state index is -2.32. The number of hydrogen-bond donors (Lipinski definition) is 0. The van der Waals surface area contributed by atoms with Gasteiger partial charge in [-0.05, 0) is 23.2 Å². The van der Waals surface area contributed by atoms with Crippen molar-refractivity contribution in [2.75, 3.05) is 0 Å². The third-order valence-corrected chi connectivity index (χ3v) is 6.73. The zero-order valence-electron chi connectivity index (χ0n) is 11.9. The van der Waals surface area contributed by atoms with Crippen LogP contribution in [0.4, 0.5) is 0 Å². The van der Waals surface area contributed by atoms with Crippen LogP contribution < -0.4 is 5.19 Å². The van der Waals surface area contributed by atoms with E-state index in [0.717, 1.165) is 0 Å². The zero-order chi connectivity index (χ0) is 14.4. The molecule has 0 aliphatic heterocycles. The lowest BCUT2D eigenvalue weighted by Crippen LogP contribution is -2.48. The molecule has 0 unspecified atom stereocenters. The molecule has 0 saturated heterocycles. The van der Waals surface area contributed by atoms with E-state index < -0.39 is 8.32 Å². The van der Waals surface area contributed by atoms with Crippen LogP contribution in [0.3, 0.4) is 0 Å². The SMILES string of the molecule is C=C[Si](C=C)(OCc1ccccc1)c1ccccc1C. The molecule has 0 aromatic heterocycles. The van der Waals surface area contributed by atoms with Crippen molar-refractivity contribution >= 4 is 13.5 Å². The molecule has 0 amide bonds. The van der Waals surface area contributed by atoms with Crippen molar-refractivity contribution in [3.63, 3.8) is 0 Å². The van der Waals surface area contributed by atoms with E-state index >= 15 is 0 Å². The summed E-state index contributed by atoms with van der Waals surface area (Å²) in [6, 6.07) is 18.5. The second-order valence-corrected chi connectivity index (χ2v) is 8.02. The van der Waals surface area contributed by atoms with Crippen molar-refractivity contribution in [3.05, 3.63) is 90.3 Å². The zero-order valence-corrected chi connectivity index (χ0v) is 12.9. The van der Waals surface area contributed by atoms with Gasteiger partial charge >= 0.3 is 0 Å².